The number of hydrogen-bond donors (Lipinski definition) is 2. The Morgan fingerprint density at radius 2 is 1.79 bits per heavy atom. The van der Waals surface area contributed by atoms with Gasteiger partial charge in [-0.1, -0.05) is 83.7 Å². The smallest absolute Gasteiger partial charge is 0.133 e. The van der Waals surface area contributed by atoms with Crippen LogP contribution < -0.4 is 5.32 Å². The molecular weight excluding hydrogens is 430 g/mol. The molecule has 0 aromatic heterocycles. The third-order valence-corrected chi connectivity index (χ3v) is 5.82. The van der Waals surface area contributed by atoms with Crippen LogP contribution in [0.3, 0.4) is 0 Å². The lowest BCUT2D eigenvalue weighted by Gasteiger charge is -2.21. The van der Waals surface area contributed by atoms with Crippen LogP contribution in [0.15, 0.2) is 56.9 Å². The number of thioether (sulfide) groups is 1. The van der Waals surface area contributed by atoms with E-state index in [0.29, 0.717) is 13.2 Å². The monoisotopic (exact) mass is 477 g/mol. The normalized spacial score (nSPS) is 16.5. The average Bonchev–Trinajstić information content (AvgIpc) is 3.01. The zero-order chi connectivity index (χ0) is 24.9. The van der Waals surface area contributed by atoms with E-state index >= 15 is 0 Å². The van der Waals surface area contributed by atoms with Gasteiger partial charge in [0.2, 0.25) is 0 Å². The molecule has 0 bridgehead atoms. The fraction of sp³-hybridized carbons (Fsp3) is 0.593. The van der Waals surface area contributed by atoms with Crippen LogP contribution in [0, 0.1) is 0 Å². The van der Waals surface area contributed by atoms with Gasteiger partial charge in [-0.3, -0.25) is 9.89 Å². The van der Waals surface area contributed by atoms with Crippen molar-refractivity contribution in [1.29, 1.82) is 0 Å². The molecule has 2 rings (SSSR count). The molecule has 0 saturated heterocycles. The Balaban J connectivity index is 0.00000242. The quantitative estimate of drug-likeness (QED) is 0.377. The van der Waals surface area contributed by atoms with E-state index < -0.39 is 0 Å². The summed E-state index contributed by atoms with van der Waals surface area (Å²) in [5.74, 6) is 0.942. The fourth-order valence-electron chi connectivity index (χ4n) is 3.19. The Bertz CT molecular complexity index is 717. The van der Waals surface area contributed by atoms with E-state index in [-0.39, 0.29) is 6.61 Å². The molecule has 0 saturated carbocycles. The molecule has 1 aromatic rings. The van der Waals surface area contributed by atoms with Crippen LogP contribution in [0.2, 0.25) is 0 Å². The number of amidine groups is 1. The maximum Gasteiger partial charge on any atom is 0.133 e. The number of allylic oxidation sites excluding steroid dienone is 2. The Labute approximate surface area is 207 Å². The summed E-state index contributed by atoms with van der Waals surface area (Å²) in [5.41, 5.74) is 2.29. The van der Waals surface area contributed by atoms with Crippen molar-refractivity contribution in [3.63, 3.8) is 0 Å². The number of nitrogens with one attached hydrogen (secondary N) is 1. The largest absolute Gasteiger partial charge is 0.394 e. The highest BCUT2D eigenvalue weighted by atomic mass is 32.2. The second-order valence-electron chi connectivity index (χ2n) is 6.81. The molecule has 188 valence electrons. The van der Waals surface area contributed by atoms with Crippen LogP contribution in [0.5, 0.6) is 0 Å². The van der Waals surface area contributed by atoms with E-state index in [1.54, 1.807) is 11.8 Å². The minimum Gasteiger partial charge on any atom is -0.394 e. The molecule has 1 aliphatic heterocycles. The lowest BCUT2D eigenvalue weighted by atomic mass is 10.2. The van der Waals surface area contributed by atoms with Gasteiger partial charge in [0, 0.05) is 34.2 Å². The van der Waals surface area contributed by atoms with Crippen molar-refractivity contribution in [1.82, 2.24) is 10.2 Å². The van der Waals surface area contributed by atoms with Gasteiger partial charge >= 0.3 is 0 Å². The second-order valence-corrected chi connectivity index (χ2v) is 7.89. The van der Waals surface area contributed by atoms with Gasteiger partial charge in [-0.05, 0) is 32.4 Å². The predicted molar refractivity (Wildman–Crippen MR) is 146 cm³/mol. The first-order valence-electron chi connectivity index (χ1n) is 12.6. The first-order valence-corrected chi connectivity index (χ1v) is 13.4. The van der Waals surface area contributed by atoms with Crippen molar-refractivity contribution in [3.05, 3.63) is 52.6 Å². The highest BCUT2D eigenvalue weighted by Crippen LogP contribution is 2.36. The molecule has 33 heavy (non-hydrogen) atoms. The molecule has 0 fully saturated rings. The van der Waals surface area contributed by atoms with Crippen LogP contribution in [-0.4, -0.2) is 61.8 Å². The zero-order valence-electron chi connectivity index (χ0n) is 22.0. The van der Waals surface area contributed by atoms with Crippen molar-refractivity contribution in [2.75, 3.05) is 46.0 Å². The third-order valence-electron chi connectivity index (χ3n) is 4.56. The van der Waals surface area contributed by atoms with Gasteiger partial charge in [0.25, 0.3) is 0 Å². The Hall–Kier alpha value is -1.60. The highest BCUT2D eigenvalue weighted by Gasteiger charge is 2.19. The molecule has 0 spiro atoms. The number of aliphatic hydroxyl groups excluding tert-OH is 1. The van der Waals surface area contributed by atoms with Gasteiger partial charge in [0.1, 0.15) is 5.84 Å². The first kappa shape index (κ1) is 31.4. The predicted octanol–water partition coefficient (Wildman–Crippen LogP) is 6.10. The molecule has 0 amide bonds. The molecule has 0 atom stereocenters. The topological polar surface area (TPSA) is 57.1 Å². The van der Waals surface area contributed by atoms with E-state index in [1.807, 2.05) is 27.7 Å². The molecule has 6 heteroatoms. The molecule has 0 radical (unpaired) electrons. The van der Waals surface area contributed by atoms with Crippen LogP contribution in [0.4, 0.5) is 0 Å². The highest BCUT2D eigenvalue weighted by molar-refractivity contribution is 8.03. The molecule has 1 heterocycles. The van der Waals surface area contributed by atoms with Gasteiger partial charge in [-0.2, -0.15) is 0 Å². The van der Waals surface area contributed by atoms with Gasteiger partial charge in [-0.25, -0.2) is 0 Å². The Morgan fingerprint density at radius 1 is 1.06 bits per heavy atom. The molecule has 2 N–H and O–H groups in total. The molecule has 1 aromatic carbocycles. The molecule has 1 aliphatic rings. The van der Waals surface area contributed by atoms with E-state index in [9.17, 15) is 0 Å². The van der Waals surface area contributed by atoms with Gasteiger partial charge < -0.3 is 15.2 Å². The summed E-state index contributed by atoms with van der Waals surface area (Å²) in [5, 5.41) is 12.4. The summed E-state index contributed by atoms with van der Waals surface area (Å²) >= 11 is 1.80. The van der Waals surface area contributed by atoms with E-state index in [1.165, 1.54) is 9.80 Å². The van der Waals surface area contributed by atoms with E-state index in [0.717, 1.165) is 56.1 Å². The van der Waals surface area contributed by atoms with E-state index in [2.05, 4.69) is 67.4 Å². The SMILES string of the molecule is C/C=C1/Sc2ccccc2C(=NCCN(CCC)CCOCCO)N/C1=C/CC.CC.CC. The minimum absolute atomic E-state index is 0.0757. The number of nitrogens with zero attached hydrogens (tertiary/aromatic N) is 2. The summed E-state index contributed by atoms with van der Waals surface area (Å²) in [6.45, 7) is 19.1. The summed E-state index contributed by atoms with van der Waals surface area (Å²) in [6.07, 6.45) is 6.46. The summed E-state index contributed by atoms with van der Waals surface area (Å²) < 4.78 is 5.43. The Kier molecular flexibility index (Phi) is 20.0. The molecular formula is C27H47N3O2S. The number of ether oxygens (including phenoxy) is 1. The van der Waals surface area contributed by atoms with Crippen molar-refractivity contribution in [3.8, 4) is 0 Å². The number of fused-ring (bicyclic) bond motifs is 1. The van der Waals surface area contributed by atoms with Gasteiger partial charge in [0.05, 0.1) is 26.4 Å². The first-order chi connectivity index (χ1) is 16.2. The lowest BCUT2D eigenvalue weighted by Crippen LogP contribution is -2.32. The summed E-state index contributed by atoms with van der Waals surface area (Å²) in [6, 6.07) is 8.46. The molecule has 0 unspecified atom stereocenters. The maximum atomic E-state index is 8.85. The van der Waals surface area contributed by atoms with Gasteiger partial charge in [0.15, 0.2) is 0 Å². The molecule has 5 nitrogen and oxygen atoms in total. The number of aliphatic imine (C=N–C) groups is 1. The standard InChI is InChI=1S/C23H35N3O2S.2C2H6/c1-4-9-20-21(6-3)29-22-11-8-7-10-19(22)23(25-20)24-12-14-26(13-5-2)15-17-28-18-16-27;2*1-2/h6-11,27H,4-5,12-18H2,1-3H3,(H,24,25);2*1-2H3/b20-9+,21-6+;;. The van der Waals surface area contributed by atoms with Crippen molar-refractivity contribution >= 4 is 17.6 Å². The zero-order valence-corrected chi connectivity index (χ0v) is 22.8. The maximum absolute atomic E-state index is 8.85. The Morgan fingerprint density at radius 3 is 2.42 bits per heavy atom. The molecule has 0 aliphatic carbocycles. The average molecular weight is 478 g/mol. The number of rotatable bonds is 11. The summed E-state index contributed by atoms with van der Waals surface area (Å²) in [7, 11) is 0. The fourth-order valence-corrected chi connectivity index (χ4v) is 4.21. The number of aliphatic hydroxyl groups is 1. The van der Waals surface area contributed by atoms with Crippen molar-refractivity contribution in [2.24, 2.45) is 4.99 Å². The van der Waals surface area contributed by atoms with Crippen molar-refractivity contribution in [2.45, 2.75) is 66.2 Å². The minimum atomic E-state index is 0.0757. The van der Waals surface area contributed by atoms with Crippen LogP contribution in [-0.2, 0) is 4.74 Å². The summed E-state index contributed by atoms with van der Waals surface area (Å²) in [4.78, 5) is 9.79. The lowest BCUT2D eigenvalue weighted by molar-refractivity contribution is 0.0742. The van der Waals surface area contributed by atoms with Crippen molar-refractivity contribution < 1.29 is 9.84 Å². The second kappa shape index (κ2) is 21.0. The van der Waals surface area contributed by atoms with Gasteiger partial charge in [-0.15, -0.1) is 0 Å². The van der Waals surface area contributed by atoms with Crippen LogP contribution in [0.25, 0.3) is 0 Å². The number of benzene rings is 1. The van der Waals surface area contributed by atoms with E-state index in [4.69, 9.17) is 14.8 Å². The number of hydrogen-bond acceptors (Lipinski definition) is 5. The van der Waals surface area contributed by atoms with Crippen LogP contribution >= 0.6 is 11.8 Å². The third kappa shape index (κ3) is 11.9. The van der Waals surface area contributed by atoms with Crippen LogP contribution in [0.1, 0.15) is 66.9 Å².